The molecule has 1 atom stereocenters. The number of nitrogens with zero attached hydrogens (tertiary/aromatic N) is 2. The van der Waals surface area contributed by atoms with E-state index in [4.69, 9.17) is 0 Å². The summed E-state index contributed by atoms with van der Waals surface area (Å²) in [4.78, 5) is 34.0. The van der Waals surface area contributed by atoms with E-state index in [1.54, 1.807) is 36.7 Å². The van der Waals surface area contributed by atoms with Crippen LogP contribution in [0, 0.1) is 0 Å². The van der Waals surface area contributed by atoms with Gasteiger partial charge in [-0.05, 0) is 36.8 Å². The summed E-state index contributed by atoms with van der Waals surface area (Å²) in [6.07, 6.45) is -0.862. The van der Waals surface area contributed by atoms with Gasteiger partial charge in [-0.25, -0.2) is 4.98 Å². The second kappa shape index (κ2) is 7.66. The maximum Gasteiger partial charge on any atom is 0.416 e. The smallest absolute Gasteiger partial charge is 0.345 e. The second-order valence-electron chi connectivity index (χ2n) is 6.83. The summed E-state index contributed by atoms with van der Waals surface area (Å²) in [5.41, 5.74) is 0.552. The Bertz CT molecular complexity index is 1060. The van der Waals surface area contributed by atoms with Crippen molar-refractivity contribution in [1.82, 2.24) is 15.3 Å². The lowest BCUT2D eigenvalue weighted by Crippen LogP contribution is -2.41. The largest absolute Gasteiger partial charge is 0.416 e. The summed E-state index contributed by atoms with van der Waals surface area (Å²) >= 11 is 0. The highest BCUT2D eigenvalue weighted by atomic mass is 19.4. The Hall–Kier alpha value is -3.62. The zero-order valence-electron chi connectivity index (χ0n) is 15.6. The molecule has 2 N–H and O–H groups in total. The molecule has 1 aliphatic heterocycles. The van der Waals surface area contributed by atoms with Gasteiger partial charge in [0.1, 0.15) is 11.9 Å². The Morgan fingerprint density at radius 3 is 2.53 bits per heavy atom. The quantitative estimate of drug-likeness (QED) is 0.684. The first-order valence-corrected chi connectivity index (χ1v) is 9.23. The number of anilines is 1. The molecule has 1 aromatic heterocycles. The van der Waals surface area contributed by atoms with Crippen LogP contribution < -0.4 is 10.2 Å². The molecule has 0 radical (unpaired) electrons. The predicted molar refractivity (Wildman–Crippen MR) is 104 cm³/mol. The van der Waals surface area contributed by atoms with Gasteiger partial charge in [-0.15, -0.1) is 0 Å². The number of carbonyl (C=O) groups excluding carboxylic acids is 2. The number of hydrogen-bond donors (Lipinski definition) is 2. The molecule has 1 saturated heterocycles. The molecule has 0 bridgehead atoms. The number of H-pyrrole nitrogens is 1. The molecule has 1 unspecified atom stereocenters. The topological polar surface area (TPSA) is 78.1 Å². The second-order valence-corrected chi connectivity index (χ2v) is 6.83. The fourth-order valence-corrected chi connectivity index (χ4v) is 3.44. The van der Waals surface area contributed by atoms with E-state index in [9.17, 15) is 22.8 Å². The number of aromatic amines is 1. The molecule has 2 heterocycles. The third kappa shape index (κ3) is 3.78. The minimum absolute atomic E-state index is 0.301. The lowest BCUT2D eigenvalue weighted by atomic mass is 10.1. The van der Waals surface area contributed by atoms with E-state index in [1.165, 1.54) is 17.0 Å². The number of aromatic nitrogens is 2. The first kappa shape index (κ1) is 19.7. The predicted octanol–water partition coefficient (Wildman–Crippen LogP) is 3.63. The number of halogens is 3. The zero-order valence-corrected chi connectivity index (χ0v) is 15.6. The van der Waals surface area contributed by atoms with Gasteiger partial charge >= 0.3 is 6.18 Å². The fourth-order valence-electron chi connectivity index (χ4n) is 3.44. The van der Waals surface area contributed by atoms with Gasteiger partial charge < -0.3 is 15.2 Å². The molecule has 2 aromatic carbocycles. The average molecular weight is 414 g/mol. The molecule has 2 amide bonds. The van der Waals surface area contributed by atoms with Gasteiger partial charge in [0.05, 0.1) is 11.1 Å². The van der Waals surface area contributed by atoms with Crippen molar-refractivity contribution < 1.29 is 22.8 Å². The van der Waals surface area contributed by atoms with E-state index in [2.05, 4.69) is 15.3 Å². The molecule has 1 aliphatic rings. The molecule has 1 fully saturated rings. The van der Waals surface area contributed by atoms with E-state index in [-0.39, 0.29) is 5.91 Å². The third-order valence-corrected chi connectivity index (χ3v) is 4.94. The fraction of sp³-hybridized carbons (Fsp3) is 0.190. The van der Waals surface area contributed by atoms with Crippen molar-refractivity contribution >= 4 is 17.5 Å². The summed E-state index contributed by atoms with van der Waals surface area (Å²) in [6, 6.07) is 10.5. The van der Waals surface area contributed by atoms with E-state index in [0.717, 1.165) is 12.1 Å². The number of benzene rings is 2. The number of imidazole rings is 1. The van der Waals surface area contributed by atoms with Crippen LogP contribution in [0.15, 0.2) is 60.9 Å². The van der Waals surface area contributed by atoms with Gasteiger partial charge in [0, 0.05) is 30.2 Å². The first-order valence-electron chi connectivity index (χ1n) is 9.23. The Kier molecular flexibility index (Phi) is 5.03. The third-order valence-electron chi connectivity index (χ3n) is 4.94. The van der Waals surface area contributed by atoms with Crippen molar-refractivity contribution in [2.75, 3.05) is 11.4 Å². The van der Waals surface area contributed by atoms with Crippen molar-refractivity contribution in [2.45, 2.75) is 18.6 Å². The van der Waals surface area contributed by atoms with Gasteiger partial charge in [0.15, 0.2) is 0 Å². The van der Waals surface area contributed by atoms with Crippen LogP contribution in [-0.4, -0.2) is 34.4 Å². The normalized spacial score (nSPS) is 16.7. The SMILES string of the molecule is O=C(NC1CCN(c2ccc(C(F)(F)F)cc2)C1=O)c1ccccc1-c1ncc[nH]1. The van der Waals surface area contributed by atoms with Crippen LogP contribution in [0.4, 0.5) is 18.9 Å². The molecular formula is C21H17F3N4O2. The van der Waals surface area contributed by atoms with Crippen molar-refractivity contribution in [1.29, 1.82) is 0 Å². The summed E-state index contributed by atoms with van der Waals surface area (Å²) in [5.74, 6) is -0.252. The number of alkyl halides is 3. The van der Waals surface area contributed by atoms with E-state index >= 15 is 0 Å². The van der Waals surface area contributed by atoms with Crippen molar-refractivity contribution in [2.24, 2.45) is 0 Å². The Morgan fingerprint density at radius 1 is 1.13 bits per heavy atom. The lowest BCUT2D eigenvalue weighted by molar-refractivity contribution is -0.137. The van der Waals surface area contributed by atoms with Gasteiger partial charge in [-0.1, -0.05) is 18.2 Å². The van der Waals surface area contributed by atoms with Gasteiger partial charge in [-0.3, -0.25) is 9.59 Å². The van der Waals surface area contributed by atoms with Crippen LogP contribution in [0.5, 0.6) is 0 Å². The highest BCUT2D eigenvalue weighted by Crippen LogP contribution is 2.31. The van der Waals surface area contributed by atoms with Crippen LogP contribution >= 0.6 is 0 Å². The van der Waals surface area contributed by atoms with E-state index < -0.39 is 23.7 Å². The zero-order chi connectivity index (χ0) is 21.3. The van der Waals surface area contributed by atoms with Crippen LogP contribution in [0.3, 0.4) is 0 Å². The molecule has 4 rings (SSSR count). The molecule has 0 spiro atoms. The van der Waals surface area contributed by atoms with Gasteiger partial charge in [0.2, 0.25) is 5.91 Å². The monoisotopic (exact) mass is 414 g/mol. The summed E-state index contributed by atoms with van der Waals surface area (Å²) in [7, 11) is 0. The molecular weight excluding hydrogens is 397 g/mol. The van der Waals surface area contributed by atoms with Crippen LogP contribution in [-0.2, 0) is 11.0 Å². The van der Waals surface area contributed by atoms with Crippen molar-refractivity contribution in [3.63, 3.8) is 0 Å². The number of amides is 2. The summed E-state index contributed by atoms with van der Waals surface area (Å²) in [6.45, 7) is 0.301. The highest BCUT2D eigenvalue weighted by Gasteiger charge is 2.35. The number of carbonyl (C=O) groups is 2. The number of rotatable bonds is 4. The molecule has 154 valence electrons. The van der Waals surface area contributed by atoms with Crippen molar-refractivity contribution in [3.05, 3.63) is 72.1 Å². The maximum atomic E-state index is 12.8. The van der Waals surface area contributed by atoms with E-state index in [0.29, 0.717) is 35.6 Å². The van der Waals surface area contributed by atoms with Crippen LogP contribution in [0.1, 0.15) is 22.3 Å². The number of nitrogens with one attached hydrogen (secondary N) is 2. The molecule has 3 aromatic rings. The Balaban J connectivity index is 1.48. The van der Waals surface area contributed by atoms with Crippen molar-refractivity contribution in [3.8, 4) is 11.4 Å². The molecule has 0 saturated carbocycles. The number of hydrogen-bond acceptors (Lipinski definition) is 3. The van der Waals surface area contributed by atoms with Crippen LogP contribution in [0.2, 0.25) is 0 Å². The molecule has 30 heavy (non-hydrogen) atoms. The first-order chi connectivity index (χ1) is 14.3. The average Bonchev–Trinajstić information content (AvgIpc) is 3.38. The van der Waals surface area contributed by atoms with Crippen LogP contribution in [0.25, 0.3) is 11.4 Å². The maximum absolute atomic E-state index is 12.8. The van der Waals surface area contributed by atoms with E-state index in [1.807, 2.05) is 0 Å². The van der Waals surface area contributed by atoms with Gasteiger partial charge in [0.25, 0.3) is 5.91 Å². The summed E-state index contributed by atoms with van der Waals surface area (Å²) < 4.78 is 38.2. The minimum Gasteiger partial charge on any atom is -0.345 e. The molecule has 9 heteroatoms. The standard InChI is InChI=1S/C21H17F3N4O2/c22-21(23,24)13-5-7-14(8-6-13)28-12-9-17(20(28)30)27-19(29)16-4-2-1-3-15(16)18-25-10-11-26-18/h1-8,10-11,17H,9,12H2,(H,25,26)(H,27,29). The minimum atomic E-state index is -4.44. The Morgan fingerprint density at radius 2 is 1.87 bits per heavy atom. The lowest BCUT2D eigenvalue weighted by Gasteiger charge is -2.18. The molecule has 6 nitrogen and oxygen atoms in total. The highest BCUT2D eigenvalue weighted by molar-refractivity contribution is 6.05. The van der Waals surface area contributed by atoms with Gasteiger partial charge in [-0.2, -0.15) is 13.2 Å². The molecule has 0 aliphatic carbocycles. The summed E-state index contributed by atoms with van der Waals surface area (Å²) in [5, 5.41) is 2.73. The Labute approximate surface area is 169 Å².